The molecule has 1 N–H and O–H groups in total. The van der Waals surface area contributed by atoms with Crippen molar-refractivity contribution in [3.05, 3.63) is 93.2 Å². The lowest BCUT2D eigenvalue weighted by Gasteiger charge is -2.29. The first-order valence-electron chi connectivity index (χ1n) is 12.4. The zero-order chi connectivity index (χ0) is 25.5. The van der Waals surface area contributed by atoms with Gasteiger partial charge in [0.25, 0.3) is 5.56 Å². The molecule has 36 heavy (non-hydrogen) atoms. The highest BCUT2D eigenvalue weighted by Gasteiger charge is 2.24. The van der Waals surface area contributed by atoms with E-state index >= 15 is 0 Å². The van der Waals surface area contributed by atoms with Gasteiger partial charge in [-0.3, -0.25) is 19.1 Å². The van der Waals surface area contributed by atoms with Crippen molar-refractivity contribution in [2.45, 2.75) is 52.7 Å². The normalized spacial score (nSPS) is 13.2. The van der Waals surface area contributed by atoms with Gasteiger partial charge in [0.05, 0.1) is 17.9 Å². The van der Waals surface area contributed by atoms with Crippen LogP contribution in [0, 0.1) is 0 Å². The van der Waals surface area contributed by atoms with Crippen molar-refractivity contribution < 1.29 is 14.3 Å². The second kappa shape index (κ2) is 11.8. The molecule has 1 aromatic heterocycles. The fourth-order valence-corrected chi connectivity index (χ4v) is 4.43. The topological polar surface area (TPSA) is 93.5 Å². The van der Waals surface area contributed by atoms with Gasteiger partial charge in [-0.15, -0.1) is 0 Å². The molecule has 0 unspecified atom stereocenters. The highest BCUT2D eigenvalue weighted by molar-refractivity contribution is 5.93. The average molecular weight is 489 g/mol. The van der Waals surface area contributed by atoms with Crippen LogP contribution in [0.25, 0.3) is 0 Å². The van der Waals surface area contributed by atoms with Crippen LogP contribution in [0.3, 0.4) is 0 Å². The molecule has 1 aliphatic heterocycles. The number of benzene rings is 2. The lowest BCUT2D eigenvalue weighted by molar-refractivity contribution is -0.116. The number of ether oxygens (including phenoxy) is 1. The molecule has 3 aromatic rings. The third kappa shape index (κ3) is 6.07. The fraction of sp³-hybridized carbons (Fsp3) is 0.357. The predicted octanol–water partition coefficient (Wildman–Crippen LogP) is 3.57. The molecule has 0 radical (unpaired) electrons. The zero-order valence-electron chi connectivity index (χ0n) is 20.8. The number of rotatable bonds is 9. The maximum atomic E-state index is 13.4. The predicted molar refractivity (Wildman–Crippen MR) is 138 cm³/mol. The summed E-state index contributed by atoms with van der Waals surface area (Å²) in [7, 11) is 0. The summed E-state index contributed by atoms with van der Waals surface area (Å²) >= 11 is 0. The maximum absolute atomic E-state index is 13.4. The number of aromatic nitrogens is 2. The molecule has 0 saturated heterocycles. The first-order chi connectivity index (χ1) is 17.5. The van der Waals surface area contributed by atoms with Crippen LogP contribution in [-0.2, 0) is 42.0 Å². The third-order valence-corrected chi connectivity index (χ3v) is 6.18. The van der Waals surface area contributed by atoms with Crippen molar-refractivity contribution in [3.63, 3.8) is 0 Å². The highest BCUT2D eigenvalue weighted by atomic mass is 16.5. The van der Waals surface area contributed by atoms with Crippen LogP contribution in [0.4, 0.5) is 5.69 Å². The van der Waals surface area contributed by atoms with E-state index in [1.54, 1.807) is 31.2 Å². The lowest BCUT2D eigenvalue weighted by atomic mass is 10.0. The van der Waals surface area contributed by atoms with Gasteiger partial charge in [0.2, 0.25) is 5.91 Å². The van der Waals surface area contributed by atoms with E-state index in [2.05, 4.69) is 22.3 Å². The number of carbonyl (C=O) groups is 2. The van der Waals surface area contributed by atoms with Crippen LogP contribution in [0.2, 0.25) is 0 Å². The summed E-state index contributed by atoms with van der Waals surface area (Å²) in [5.74, 6) is -0.0918. The summed E-state index contributed by atoms with van der Waals surface area (Å²) in [4.78, 5) is 45.2. The van der Waals surface area contributed by atoms with Crippen LogP contribution in [-0.4, -0.2) is 39.5 Å². The van der Waals surface area contributed by atoms with Gasteiger partial charge in [-0.25, -0.2) is 9.78 Å². The number of hydrogen-bond donors (Lipinski definition) is 1. The molecular formula is C28H32N4O4. The number of carbonyl (C=O) groups excluding carboxylic acids is 2. The van der Waals surface area contributed by atoms with E-state index in [-0.39, 0.29) is 18.0 Å². The van der Waals surface area contributed by atoms with Gasteiger partial charge in [-0.1, -0.05) is 37.3 Å². The molecule has 0 spiro atoms. The number of fused-ring (bicyclic) bond motifs is 1. The van der Waals surface area contributed by atoms with E-state index in [0.29, 0.717) is 48.6 Å². The Balaban J connectivity index is 1.49. The van der Waals surface area contributed by atoms with Gasteiger partial charge in [-0.2, -0.15) is 0 Å². The van der Waals surface area contributed by atoms with Crippen molar-refractivity contribution in [3.8, 4) is 0 Å². The minimum absolute atomic E-state index is 0.109. The first-order valence-corrected chi connectivity index (χ1v) is 12.4. The summed E-state index contributed by atoms with van der Waals surface area (Å²) in [6, 6.07) is 16.8. The Hall–Kier alpha value is -3.78. The third-order valence-electron chi connectivity index (χ3n) is 6.18. The van der Waals surface area contributed by atoms with Crippen LogP contribution in [0.15, 0.2) is 59.4 Å². The number of esters is 1. The summed E-state index contributed by atoms with van der Waals surface area (Å²) in [6.45, 7) is 6.17. The van der Waals surface area contributed by atoms with Gasteiger partial charge in [-0.05, 0) is 49.6 Å². The van der Waals surface area contributed by atoms with E-state index in [4.69, 9.17) is 9.72 Å². The summed E-state index contributed by atoms with van der Waals surface area (Å²) in [5, 5.41) is 2.81. The minimum Gasteiger partial charge on any atom is -0.462 e. The summed E-state index contributed by atoms with van der Waals surface area (Å²) < 4.78 is 6.50. The molecular weight excluding hydrogens is 456 g/mol. The van der Waals surface area contributed by atoms with Gasteiger partial charge < -0.3 is 10.1 Å². The highest BCUT2D eigenvalue weighted by Crippen LogP contribution is 2.18. The van der Waals surface area contributed by atoms with Crippen LogP contribution >= 0.6 is 0 Å². The molecule has 0 bridgehead atoms. The van der Waals surface area contributed by atoms with Crippen LogP contribution in [0.1, 0.15) is 53.3 Å². The molecule has 1 aliphatic rings. The summed E-state index contributed by atoms with van der Waals surface area (Å²) in [6.07, 6.45) is 2.04. The molecule has 0 aliphatic carbocycles. The molecule has 2 aromatic carbocycles. The fourth-order valence-electron chi connectivity index (χ4n) is 4.43. The molecule has 0 atom stereocenters. The molecule has 8 heteroatoms. The zero-order valence-corrected chi connectivity index (χ0v) is 20.8. The molecule has 1 amide bonds. The molecule has 4 rings (SSSR count). The maximum Gasteiger partial charge on any atom is 0.338 e. The molecule has 2 heterocycles. The second-order valence-corrected chi connectivity index (χ2v) is 8.89. The van der Waals surface area contributed by atoms with E-state index < -0.39 is 5.97 Å². The summed E-state index contributed by atoms with van der Waals surface area (Å²) in [5.41, 5.74) is 3.57. The molecule has 0 fully saturated rings. The Bertz CT molecular complexity index is 1270. The molecule has 8 nitrogen and oxygen atoms in total. The molecule has 0 saturated carbocycles. The minimum atomic E-state index is -0.409. The van der Waals surface area contributed by atoms with Crippen LogP contribution in [0.5, 0.6) is 0 Å². The van der Waals surface area contributed by atoms with E-state index in [1.165, 1.54) is 10.1 Å². The average Bonchev–Trinajstić information content (AvgIpc) is 2.87. The van der Waals surface area contributed by atoms with Crippen molar-refractivity contribution in [2.24, 2.45) is 0 Å². The van der Waals surface area contributed by atoms with Crippen molar-refractivity contribution in [1.29, 1.82) is 0 Å². The number of nitrogens with one attached hydrogen (secondary N) is 1. The Morgan fingerprint density at radius 2 is 1.81 bits per heavy atom. The second-order valence-electron chi connectivity index (χ2n) is 8.89. The van der Waals surface area contributed by atoms with Crippen molar-refractivity contribution in [2.75, 3.05) is 18.5 Å². The number of aryl methyl sites for hydroxylation is 1. The SMILES string of the molecule is CCCc1nc2c(c(=O)n1CC(=O)Nc1ccc(C(=O)OCC)cc1)CCN(Cc1ccccc1)C2. The Labute approximate surface area is 210 Å². The number of amides is 1. The number of nitrogens with zero attached hydrogens (tertiary/aromatic N) is 3. The van der Waals surface area contributed by atoms with Crippen molar-refractivity contribution >= 4 is 17.6 Å². The van der Waals surface area contributed by atoms with Gasteiger partial charge in [0, 0.05) is 37.3 Å². The quantitative estimate of drug-likeness (QED) is 0.463. The van der Waals surface area contributed by atoms with Gasteiger partial charge in [0.1, 0.15) is 12.4 Å². The first kappa shape index (κ1) is 25.3. The van der Waals surface area contributed by atoms with Crippen molar-refractivity contribution in [1.82, 2.24) is 14.5 Å². The Kier molecular flexibility index (Phi) is 8.28. The van der Waals surface area contributed by atoms with E-state index in [9.17, 15) is 14.4 Å². The number of anilines is 1. The van der Waals surface area contributed by atoms with E-state index in [1.807, 2.05) is 25.1 Å². The smallest absolute Gasteiger partial charge is 0.338 e. The molecule has 188 valence electrons. The van der Waals surface area contributed by atoms with E-state index in [0.717, 1.165) is 25.2 Å². The monoisotopic (exact) mass is 488 g/mol. The van der Waals surface area contributed by atoms with Gasteiger partial charge >= 0.3 is 5.97 Å². The standard InChI is InChI=1S/C28H32N4O4/c1-3-8-25-30-24-18-31(17-20-9-6-5-7-10-20)16-15-23(24)27(34)32(25)19-26(33)29-22-13-11-21(12-14-22)28(35)36-4-2/h5-7,9-14H,3-4,8,15-19H2,1-2H3,(H,29,33). The van der Waals surface area contributed by atoms with Gasteiger partial charge in [0.15, 0.2) is 0 Å². The largest absolute Gasteiger partial charge is 0.462 e. The van der Waals surface area contributed by atoms with Crippen LogP contribution < -0.4 is 10.9 Å². The number of hydrogen-bond acceptors (Lipinski definition) is 6. The lowest BCUT2D eigenvalue weighted by Crippen LogP contribution is -2.40. The Morgan fingerprint density at radius 3 is 2.50 bits per heavy atom. The Morgan fingerprint density at radius 1 is 1.06 bits per heavy atom.